The van der Waals surface area contributed by atoms with Crippen molar-refractivity contribution in [2.75, 3.05) is 14.2 Å². The fourth-order valence-electron chi connectivity index (χ4n) is 4.82. The van der Waals surface area contributed by atoms with Crippen molar-refractivity contribution in [3.63, 3.8) is 0 Å². The number of imidazole rings is 1. The molecule has 1 atom stereocenters. The summed E-state index contributed by atoms with van der Waals surface area (Å²) in [6.07, 6.45) is 5.56. The lowest BCUT2D eigenvalue weighted by Crippen LogP contribution is -2.30. The van der Waals surface area contributed by atoms with Gasteiger partial charge in [0.2, 0.25) is 17.7 Å². The number of aromatic amines is 1. The molecule has 2 amide bonds. The summed E-state index contributed by atoms with van der Waals surface area (Å²) in [6.45, 7) is 0. The Labute approximate surface area is 248 Å². The number of aromatic nitrogens is 4. The van der Waals surface area contributed by atoms with Crippen molar-refractivity contribution in [3.05, 3.63) is 83.8 Å². The second-order valence-electron chi connectivity index (χ2n) is 10.00. The standard InChI is InChI=1S/C32H34N6O3S/c1-33-28(39)16-8-4-7-15-26(36-29(40)18-23-20-42-32(35-23)21-11-5-3-6-12-21)30-34-19-27(37-30)24-17-22-13-9-10-14-25(22)38-31(24)41-2/h3,5-6,9-14,17,19-20,26H,4,7-8,15-16,18H2,1-2H3,(H,33,39)(H,34,37)(H,36,40). The van der Waals surface area contributed by atoms with Crippen LogP contribution in [0.2, 0.25) is 0 Å². The number of hydrogen-bond donors (Lipinski definition) is 3. The molecule has 0 aliphatic rings. The highest BCUT2D eigenvalue weighted by Crippen LogP contribution is 2.32. The van der Waals surface area contributed by atoms with Gasteiger partial charge in [-0.05, 0) is 25.0 Å². The fourth-order valence-corrected chi connectivity index (χ4v) is 5.65. The quantitative estimate of drug-likeness (QED) is 0.150. The van der Waals surface area contributed by atoms with Crippen molar-refractivity contribution >= 4 is 34.1 Å². The van der Waals surface area contributed by atoms with E-state index >= 15 is 0 Å². The molecule has 2 aromatic carbocycles. The molecular weight excluding hydrogens is 548 g/mol. The van der Waals surface area contributed by atoms with Crippen LogP contribution in [0.4, 0.5) is 0 Å². The number of carbonyl (C=O) groups is 2. The largest absolute Gasteiger partial charge is 0.480 e. The molecule has 5 aromatic rings. The zero-order valence-electron chi connectivity index (χ0n) is 23.7. The van der Waals surface area contributed by atoms with Crippen molar-refractivity contribution in [1.82, 2.24) is 30.6 Å². The third kappa shape index (κ3) is 7.19. The number of nitrogens with one attached hydrogen (secondary N) is 3. The van der Waals surface area contributed by atoms with E-state index in [-0.39, 0.29) is 24.3 Å². The Morgan fingerprint density at radius 2 is 1.81 bits per heavy atom. The van der Waals surface area contributed by atoms with Crippen LogP contribution in [0.1, 0.15) is 49.7 Å². The van der Waals surface area contributed by atoms with Crippen LogP contribution in [0, 0.1) is 0 Å². The van der Waals surface area contributed by atoms with E-state index in [1.165, 1.54) is 11.3 Å². The second kappa shape index (κ2) is 13.9. The summed E-state index contributed by atoms with van der Waals surface area (Å²) in [5.41, 5.74) is 4.16. The number of amides is 2. The molecule has 3 aromatic heterocycles. The molecule has 0 saturated heterocycles. The first-order valence-electron chi connectivity index (χ1n) is 14.0. The maximum atomic E-state index is 13.2. The number of thiazole rings is 1. The van der Waals surface area contributed by atoms with Gasteiger partial charge in [0, 0.05) is 29.8 Å². The summed E-state index contributed by atoms with van der Waals surface area (Å²) in [6, 6.07) is 19.5. The monoisotopic (exact) mass is 582 g/mol. The number of nitrogens with zero attached hydrogens (tertiary/aromatic N) is 3. The Morgan fingerprint density at radius 3 is 2.62 bits per heavy atom. The fraction of sp³-hybridized carbons (Fsp3) is 0.281. The number of H-pyrrole nitrogens is 1. The molecule has 3 N–H and O–H groups in total. The van der Waals surface area contributed by atoms with Crippen LogP contribution < -0.4 is 15.4 Å². The van der Waals surface area contributed by atoms with E-state index in [0.717, 1.165) is 57.7 Å². The van der Waals surface area contributed by atoms with Gasteiger partial charge in [-0.3, -0.25) is 9.59 Å². The van der Waals surface area contributed by atoms with Crippen LogP contribution >= 0.6 is 11.3 Å². The van der Waals surface area contributed by atoms with E-state index in [0.29, 0.717) is 24.5 Å². The maximum absolute atomic E-state index is 13.2. The number of rotatable bonds is 13. The molecule has 3 heterocycles. The maximum Gasteiger partial charge on any atom is 0.226 e. The summed E-state index contributed by atoms with van der Waals surface area (Å²) in [4.78, 5) is 42.2. The second-order valence-corrected chi connectivity index (χ2v) is 10.9. The van der Waals surface area contributed by atoms with Gasteiger partial charge in [-0.25, -0.2) is 15.0 Å². The predicted octanol–water partition coefficient (Wildman–Crippen LogP) is 5.85. The number of unbranched alkanes of at least 4 members (excludes halogenated alkanes) is 2. The average Bonchev–Trinajstić information content (AvgIpc) is 3.70. The third-order valence-corrected chi connectivity index (χ3v) is 7.96. The number of para-hydroxylation sites is 1. The van der Waals surface area contributed by atoms with Gasteiger partial charge < -0.3 is 20.4 Å². The Kier molecular flexibility index (Phi) is 9.55. The Morgan fingerprint density at radius 1 is 1.00 bits per heavy atom. The van der Waals surface area contributed by atoms with Crippen molar-refractivity contribution in [2.45, 2.75) is 44.6 Å². The van der Waals surface area contributed by atoms with Crippen LogP contribution in [0.15, 0.2) is 72.2 Å². The Hall–Kier alpha value is -4.57. The lowest BCUT2D eigenvalue weighted by atomic mass is 10.1. The first-order chi connectivity index (χ1) is 20.5. The van der Waals surface area contributed by atoms with E-state index in [2.05, 4.69) is 30.6 Å². The molecule has 1 unspecified atom stereocenters. The molecule has 216 valence electrons. The van der Waals surface area contributed by atoms with Crippen molar-refractivity contribution in [1.29, 1.82) is 0 Å². The molecule has 0 fully saturated rings. The number of pyridine rings is 1. The highest BCUT2D eigenvalue weighted by molar-refractivity contribution is 7.13. The summed E-state index contributed by atoms with van der Waals surface area (Å²) in [5.74, 6) is 1.06. The van der Waals surface area contributed by atoms with E-state index in [4.69, 9.17) is 4.74 Å². The van der Waals surface area contributed by atoms with Crippen LogP contribution in [0.3, 0.4) is 0 Å². The topological polar surface area (TPSA) is 122 Å². The smallest absolute Gasteiger partial charge is 0.226 e. The summed E-state index contributed by atoms with van der Waals surface area (Å²) in [7, 11) is 3.25. The van der Waals surface area contributed by atoms with Gasteiger partial charge in [-0.15, -0.1) is 11.3 Å². The molecule has 5 rings (SSSR count). The predicted molar refractivity (Wildman–Crippen MR) is 165 cm³/mol. The van der Waals surface area contributed by atoms with Crippen LogP contribution in [0.5, 0.6) is 5.88 Å². The Bertz CT molecular complexity index is 1650. The van der Waals surface area contributed by atoms with E-state index in [1.54, 1.807) is 20.4 Å². The minimum atomic E-state index is -0.335. The van der Waals surface area contributed by atoms with Gasteiger partial charge in [0.1, 0.15) is 10.8 Å². The van der Waals surface area contributed by atoms with E-state index in [9.17, 15) is 9.59 Å². The van der Waals surface area contributed by atoms with Crippen LogP contribution in [-0.4, -0.2) is 45.9 Å². The first-order valence-corrected chi connectivity index (χ1v) is 14.9. The molecule has 0 bridgehead atoms. The minimum absolute atomic E-state index is 0.0339. The molecule has 0 saturated carbocycles. The van der Waals surface area contributed by atoms with Crippen LogP contribution in [-0.2, 0) is 16.0 Å². The molecule has 10 heteroatoms. The minimum Gasteiger partial charge on any atom is -0.480 e. The van der Waals surface area contributed by atoms with Gasteiger partial charge in [0.25, 0.3) is 0 Å². The lowest BCUT2D eigenvalue weighted by molar-refractivity contribution is -0.121. The normalized spacial score (nSPS) is 11.8. The highest BCUT2D eigenvalue weighted by atomic mass is 32.1. The van der Waals surface area contributed by atoms with Crippen LogP contribution in [0.25, 0.3) is 32.7 Å². The van der Waals surface area contributed by atoms with Gasteiger partial charge in [-0.2, -0.15) is 0 Å². The van der Waals surface area contributed by atoms with Crippen molar-refractivity contribution in [3.8, 4) is 27.7 Å². The van der Waals surface area contributed by atoms with Gasteiger partial charge in [-0.1, -0.05) is 61.4 Å². The summed E-state index contributed by atoms with van der Waals surface area (Å²) >= 11 is 1.53. The first kappa shape index (κ1) is 28.9. The molecular formula is C32H34N6O3S. The molecule has 0 spiro atoms. The molecule has 0 aliphatic heterocycles. The highest BCUT2D eigenvalue weighted by Gasteiger charge is 2.21. The lowest BCUT2D eigenvalue weighted by Gasteiger charge is -2.17. The average molecular weight is 583 g/mol. The zero-order valence-corrected chi connectivity index (χ0v) is 24.5. The van der Waals surface area contributed by atoms with E-state index < -0.39 is 0 Å². The molecule has 42 heavy (non-hydrogen) atoms. The zero-order chi connectivity index (χ0) is 29.3. The molecule has 0 aliphatic carbocycles. The molecule has 0 radical (unpaired) electrons. The van der Waals surface area contributed by atoms with Gasteiger partial charge in [0.05, 0.1) is 48.2 Å². The number of carbonyl (C=O) groups excluding carboxylic acids is 2. The number of benzene rings is 2. The SMILES string of the molecule is CNC(=O)CCCCCC(NC(=O)Cc1csc(-c2ccccc2)n1)c1ncc(-c2cc3ccccc3nc2OC)[nH]1. The summed E-state index contributed by atoms with van der Waals surface area (Å²) < 4.78 is 5.60. The summed E-state index contributed by atoms with van der Waals surface area (Å²) in [5, 5.41) is 9.64. The van der Waals surface area contributed by atoms with Crippen molar-refractivity contribution < 1.29 is 14.3 Å². The number of ether oxygens (including phenoxy) is 1. The van der Waals surface area contributed by atoms with E-state index in [1.807, 2.05) is 66.0 Å². The third-order valence-electron chi connectivity index (χ3n) is 7.02. The number of fused-ring (bicyclic) bond motifs is 1. The molecule has 9 nitrogen and oxygen atoms in total. The van der Waals surface area contributed by atoms with Crippen molar-refractivity contribution in [2.24, 2.45) is 0 Å². The number of hydrogen-bond acceptors (Lipinski definition) is 7. The van der Waals surface area contributed by atoms with Gasteiger partial charge in [0.15, 0.2) is 0 Å². The number of methoxy groups -OCH3 is 1. The van der Waals surface area contributed by atoms with Gasteiger partial charge >= 0.3 is 0 Å². The Balaban J connectivity index is 1.32.